The van der Waals surface area contributed by atoms with Gasteiger partial charge in [0.25, 0.3) is 5.71 Å². The maximum absolute atomic E-state index is 12.9. The predicted octanol–water partition coefficient (Wildman–Crippen LogP) is 5.30. The Bertz CT molecular complexity index is 1330. The molecule has 4 aromatic rings. The van der Waals surface area contributed by atoms with Gasteiger partial charge in [0, 0.05) is 11.6 Å². The van der Waals surface area contributed by atoms with Crippen LogP contribution in [0.15, 0.2) is 59.1 Å². The monoisotopic (exact) mass is 409 g/mol. The van der Waals surface area contributed by atoms with Gasteiger partial charge in [-0.2, -0.15) is 5.26 Å². The van der Waals surface area contributed by atoms with Crippen molar-refractivity contribution in [1.29, 1.82) is 5.26 Å². The van der Waals surface area contributed by atoms with Crippen LogP contribution >= 0.6 is 0 Å². The molecule has 2 aromatic carbocycles. The van der Waals surface area contributed by atoms with E-state index in [1.807, 2.05) is 48.5 Å². The standard InChI is InChI=1S/C25H19N3O3/c1-15-23-21(12-22(18-10-11-18)27-24(23)31-28-15)25(29)30-14-16-6-8-17(9-7-16)20-5-3-2-4-19(20)13-26/h2-9,12,18H,10-11,14H2,1H3. The first-order valence-electron chi connectivity index (χ1n) is 10.2. The lowest BCUT2D eigenvalue weighted by Crippen LogP contribution is -2.07. The average molecular weight is 409 g/mol. The Kier molecular flexibility index (Phi) is 4.72. The molecule has 0 N–H and O–H groups in total. The summed E-state index contributed by atoms with van der Waals surface area (Å²) in [5.74, 6) is -0.0373. The van der Waals surface area contributed by atoms with Crippen LogP contribution in [0.4, 0.5) is 0 Å². The normalized spacial score (nSPS) is 13.2. The van der Waals surface area contributed by atoms with Crippen molar-refractivity contribution in [1.82, 2.24) is 10.1 Å². The molecule has 6 heteroatoms. The Morgan fingerprint density at radius 2 is 1.97 bits per heavy atom. The summed E-state index contributed by atoms with van der Waals surface area (Å²) in [4.78, 5) is 17.4. The summed E-state index contributed by atoms with van der Waals surface area (Å²) in [7, 11) is 0. The molecule has 0 bridgehead atoms. The third kappa shape index (κ3) is 3.66. The van der Waals surface area contributed by atoms with E-state index in [4.69, 9.17) is 9.26 Å². The summed E-state index contributed by atoms with van der Waals surface area (Å²) in [5.41, 5.74) is 5.62. The molecule has 0 spiro atoms. The number of fused-ring (bicyclic) bond motifs is 1. The van der Waals surface area contributed by atoms with E-state index in [1.165, 1.54) is 0 Å². The van der Waals surface area contributed by atoms with Gasteiger partial charge < -0.3 is 9.26 Å². The second-order valence-electron chi connectivity index (χ2n) is 7.75. The molecule has 152 valence electrons. The van der Waals surface area contributed by atoms with Crippen LogP contribution in [-0.4, -0.2) is 16.1 Å². The number of pyridine rings is 1. The second kappa shape index (κ2) is 7.69. The van der Waals surface area contributed by atoms with Gasteiger partial charge in [-0.3, -0.25) is 0 Å². The fraction of sp³-hybridized carbons (Fsp3) is 0.200. The summed E-state index contributed by atoms with van der Waals surface area (Å²) in [6.07, 6.45) is 2.14. The topological polar surface area (TPSA) is 89.0 Å². The van der Waals surface area contributed by atoms with Gasteiger partial charge in [0.15, 0.2) is 0 Å². The van der Waals surface area contributed by atoms with Gasteiger partial charge in [-0.1, -0.05) is 47.6 Å². The number of rotatable bonds is 5. The minimum absolute atomic E-state index is 0.145. The minimum atomic E-state index is -0.417. The molecular weight excluding hydrogens is 390 g/mol. The lowest BCUT2D eigenvalue weighted by molar-refractivity contribution is 0.0474. The molecule has 0 radical (unpaired) electrons. The van der Waals surface area contributed by atoms with Crippen molar-refractivity contribution in [3.8, 4) is 17.2 Å². The molecular formula is C25H19N3O3. The first-order chi connectivity index (χ1) is 15.1. The Balaban J connectivity index is 1.35. The van der Waals surface area contributed by atoms with E-state index >= 15 is 0 Å². The zero-order chi connectivity index (χ0) is 21.4. The Labute approximate surface area is 179 Å². The van der Waals surface area contributed by atoms with Crippen LogP contribution in [0, 0.1) is 18.3 Å². The van der Waals surface area contributed by atoms with Crippen molar-refractivity contribution in [2.24, 2.45) is 0 Å². The molecule has 1 saturated carbocycles. The van der Waals surface area contributed by atoms with E-state index in [0.717, 1.165) is 35.2 Å². The lowest BCUT2D eigenvalue weighted by Gasteiger charge is -2.09. The Hall–Kier alpha value is -3.98. The highest BCUT2D eigenvalue weighted by molar-refractivity contribution is 6.03. The number of aromatic nitrogens is 2. The van der Waals surface area contributed by atoms with Gasteiger partial charge in [-0.15, -0.1) is 0 Å². The first-order valence-corrected chi connectivity index (χ1v) is 10.2. The number of carbonyl (C=O) groups is 1. The molecule has 2 aromatic heterocycles. The van der Waals surface area contributed by atoms with Crippen molar-refractivity contribution in [3.63, 3.8) is 0 Å². The SMILES string of the molecule is Cc1noc2nc(C3CC3)cc(C(=O)OCc3ccc(-c4ccccc4C#N)cc3)c12. The van der Waals surface area contributed by atoms with Crippen LogP contribution in [0.5, 0.6) is 0 Å². The van der Waals surface area contributed by atoms with Gasteiger partial charge >= 0.3 is 5.97 Å². The van der Waals surface area contributed by atoms with E-state index in [2.05, 4.69) is 16.2 Å². The number of aryl methyl sites for hydroxylation is 1. The molecule has 0 amide bonds. The zero-order valence-corrected chi connectivity index (χ0v) is 17.0. The number of esters is 1. The fourth-order valence-electron chi connectivity index (χ4n) is 3.70. The molecule has 6 nitrogen and oxygen atoms in total. The van der Waals surface area contributed by atoms with Crippen LogP contribution < -0.4 is 0 Å². The van der Waals surface area contributed by atoms with Gasteiger partial charge in [-0.05, 0) is 48.6 Å². The molecule has 0 atom stereocenters. The third-order valence-electron chi connectivity index (χ3n) is 5.53. The summed E-state index contributed by atoms with van der Waals surface area (Å²) in [6, 6.07) is 19.2. The van der Waals surface area contributed by atoms with Crippen LogP contribution in [0.1, 0.15) is 51.6 Å². The van der Waals surface area contributed by atoms with Gasteiger partial charge in [0.2, 0.25) is 0 Å². The highest BCUT2D eigenvalue weighted by atomic mass is 16.5. The first kappa shape index (κ1) is 19.0. The number of nitrogens with zero attached hydrogens (tertiary/aromatic N) is 3. The largest absolute Gasteiger partial charge is 0.457 e. The summed E-state index contributed by atoms with van der Waals surface area (Å²) >= 11 is 0. The van der Waals surface area contributed by atoms with Gasteiger partial charge in [0.05, 0.1) is 28.3 Å². The lowest BCUT2D eigenvalue weighted by atomic mass is 9.99. The van der Waals surface area contributed by atoms with Gasteiger partial charge in [0.1, 0.15) is 6.61 Å². The third-order valence-corrected chi connectivity index (χ3v) is 5.53. The van der Waals surface area contributed by atoms with Gasteiger partial charge in [-0.25, -0.2) is 9.78 Å². The molecule has 1 aliphatic carbocycles. The second-order valence-corrected chi connectivity index (χ2v) is 7.75. The number of hydrogen-bond donors (Lipinski definition) is 0. The van der Waals surface area contributed by atoms with Crippen molar-refractivity contribution in [3.05, 3.63) is 82.7 Å². The van der Waals surface area contributed by atoms with Crippen LogP contribution in [0.2, 0.25) is 0 Å². The molecule has 1 fully saturated rings. The maximum atomic E-state index is 12.9. The quantitative estimate of drug-likeness (QED) is 0.415. The van der Waals surface area contributed by atoms with E-state index in [1.54, 1.807) is 13.0 Å². The molecule has 2 heterocycles. The molecule has 0 saturated heterocycles. The van der Waals surface area contributed by atoms with Crippen LogP contribution in [0.25, 0.3) is 22.2 Å². The Morgan fingerprint density at radius 1 is 1.19 bits per heavy atom. The van der Waals surface area contributed by atoms with Crippen molar-refractivity contribution in [2.45, 2.75) is 32.3 Å². The number of ether oxygens (including phenoxy) is 1. The number of benzene rings is 2. The van der Waals surface area contributed by atoms with Crippen molar-refractivity contribution in [2.75, 3.05) is 0 Å². The highest BCUT2D eigenvalue weighted by Gasteiger charge is 2.29. The number of hydrogen-bond acceptors (Lipinski definition) is 6. The van der Waals surface area contributed by atoms with E-state index in [0.29, 0.717) is 33.8 Å². The van der Waals surface area contributed by atoms with Crippen molar-refractivity contribution < 1.29 is 14.1 Å². The fourth-order valence-corrected chi connectivity index (χ4v) is 3.70. The van der Waals surface area contributed by atoms with E-state index < -0.39 is 5.97 Å². The van der Waals surface area contributed by atoms with E-state index in [-0.39, 0.29) is 6.61 Å². The Morgan fingerprint density at radius 3 is 2.71 bits per heavy atom. The highest BCUT2D eigenvalue weighted by Crippen LogP contribution is 2.40. The summed E-state index contributed by atoms with van der Waals surface area (Å²) < 4.78 is 10.9. The molecule has 0 aliphatic heterocycles. The average Bonchev–Trinajstić information content (AvgIpc) is 3.60. The van der Waals surface area contributed by atoms with Crippen LogP contribution in [0.3, 0.4) is 0 Å². The predicted molar refractivity (Wildman–Crippen MR) is 114 cm³/mol. The molecule has 5 rings (SSSR count). The summed E-state index contributed by atoms with van der Waals surface area (Å²) in [5, 5.41) is 13.9. The summed E-state index contributed by atoms with van der Waals surface area (Å²) in [6.45, 7) is 1.94. The number of carbonyl (C=O) groups excluding carboxylic acids is 1. The molecule has 1 aliphatic rings. The van der Waals surface area contributed by atoms with E-state index in [9.17, 15) is 10.1 Å². The van der Waals surface area contributed by atoms with Crippen molar-refractivity contribution >= 4 is 17.1 Å². The minimum Gasteiger partial charge on any atom is -0.457 e. The molecule has 31 heavy (non-hydrogen) atoms. The molecule has 0 unspecified atom stereocenters. The smallest absolute Gasteiger partial charge is 0.339 e. The maximum Gasteiger partial charge on any atom is 0.339 e. The number of nitriles is 1. The zero-order valence-electron chi connectivity index (χ0n) is 17.0. The van der Waals surface area contributed by atoms with Crippen LogP contribution in [-0.2, 0) is 11.3 Å².